The summed E-state index contributed by atoms with van der Waals surface area (Å²) >= 11 is 0. The zero-order valence-electron chi connectivity index (χ0n) is 7.58. The van der Waals surface area contributed by atoms with Crippen LogP contribution in [0.4, 0.5) is 0 Å². The summed E-state index contributed by atoms with van der Waals surface area (Å²) in [7, 11) is 0. The molecule has 1 aromatic rings. The molecule has 0 spiro atoms. The van der Waals surface area contributed by atoms with Crippen LogP contribution in [0.25, 0.3) is 0 Å². The molecule has 1 aliphatic rings. The van der Waals surface area contributed by atoms with Gasteiger partial charge in [-0.05, 0) is 6.07 Å². The summed E-state index contributed by atoms with van der Waals surface area (Å²) < 4.78 is 10.3. The van der Waals surface area contributed by atoms with E-state index in [0.717, 1.165) is 16.9 Å². The summed E-state index contributed by atoms with van der Waals surface area (Å²) in [5, 5.41) is 10.7. The van der Waals surface area contributed by atoms with E-state index in [0.29, 0.717) is 6.61 Å². The van der Waals surface area contributed by atoms with Crippen LogP contribution in [0.5, 0.6) is 5.75 Å². The molecule has 2 rings (SSSR count). The van der Waals surface area contributed by atoms with E-state index in [1.807, 2.05) is 18.2 Å². The van der Waals surface area contributed by atoms with Gasteiger partial charge in [-0.2, -0.15) is 0 Å². The zero-order chi connectivity index (χ0) is 8.39. The molecule has 0 fully saturated rings. The predicted octanol–water partition coefficient (Wildman–Crippen LogP) is -2.58. The topological polar surface area (TPSA) is 41.5 Å². The average Bonchev–Trinajstić information content (AvgIpc) is 2.17. The van der Waals surface area contributed by atoms with Gasteiger partial charge in [0.15, 0.2) is 6.79 Å². The fourth-order valence-electron chi connectivity index (χ4n) is 1.29. The fraction of sp³-hybridized carbons (Fsp3) is 0.333. The van der Waals surface area contributed by atoms with Crippen LogP contribution in [0, 0.1) is 0 Å². The van der Waals surface area contributed by atoms with Crippen molar-refractivity contribution in [2.75, 3.05) is 6.79 Å². The molecule has 0 saturated heterocycles. The molecule has 0 aliphatic carbocycles. The van der Waals surface area contributed by atoms with Crippen LogP contribution in [0.3, 0.4) is 0 Å². The molecule has 1 aliphatic heterocycles. The van der Waals surface area contributed by atoms with E-state index in [-0.39, 0.29) is 43.0 Å². The van der Waals surface area contributed by atoms with Crippen molar-refractivity contribution < 1.29 is 44.1 Å². The second-order valence-corrected chi connectivity index (χ2v) is 2.65. The van der Waals surface area contributed by atoms with Crippen LogP contribution in [0.2, 0.25) is 0 Å². The summed E-state index contributed by atoms with van der Waals surface area (Å²) in [6, 6.07) is 5.50. The molecule has 0 saturated carbocycles. The quantitative estimate of drug-likeness (QED) is 0.454. The molecular formula is C9H9NaO3. The Bertz CT molecular complexity index is 274. The van der Waals surface area contributed by atoms with Crippen molar-refractivity contribution in [2.24, 2.45) is 0 Å². The number of fused-ring (bicyclic) bond motifs is 1. The summed E-state index contributed by atoms with van der Waals surface area (Å²) in [5.41, 5.74) is 1.67. The largest absolute Gasteiger partial charge is 1.00 e. The van der Waals surface area contributed by atoms with Gasteiger partial charge in [0.2, 0.25) is 0 Å². The Morgan fingerprint density at radius 2 is 2.23 bits per heavy atom. The third-order valence-electron chi connectivity index (χ3n) is 1.93. The monoisotopic (exact) mass is 188 g/mol. The Morgan fingerprint density at radius 1 is 1.38 bits per heavy atom. The molecule has 1 aromatic carbocycles. The van der Waals surface area contributed by atoms with Gasteiger partial charge in [0.1, 0.15) is 5.75 Å². The van der Waals surface area contributed by atoms with Gasteiger partial charge in [-0.15, -0.1) is 6.61 Å². The van der Waals surface area contributed by atoms with Crippen molar-refractivity contribution in [2.45, 2.75) is 13.2 Å². The van der Waals surface area contributed by atoms with Crippen LogP contribution in [0.15, 0.2) is 18.2 Å². The Morgan fingerprint density at radius 3 is 3.00 bits per heavy atom. The minimum atomic E-state index is -0.212. The molecule has 0 atom stereocenters. The summed E-state index contributed by atoms with van der Waals surface area (Å²) in [6.45, 7) is 0.568. The maximum atomic E-state index is 10.7. The normalized spacial score (nSPS) is 13.9. The van der Waals surface area contributed by atoms with Crippen molar-refractivity contribution in [3.8, 4) is 5.75 Å². The van der Waals surface area contributed by atoms with Crippen molar-refractivity contribution in [3.63, 3.8) is 0 Å². The van der Waals surface area contributed by atoms with Gasteiger partial charge in [0.05, 0.1) is 6.61 Å². The molecule has 0 aromatic heterocycles. The van der Waals surface area contributed by atoms with E-state index in [1.54, 1.807) is 0 Å². The van der Waals surface area contributed by atoms with E-state index in [2.05, 4.69) is 0 Å². The van der Waals surface area contributed by atoms with Crippen LogP contribution < -0.4 is 39.4 Å². The van der Waals surface area contributed by atoms with Crippen molar-refractivity contribution in [1.82, 2.24) is 0 Å². The van der Waals surface area contributed by atoms with Gasteiger partial charge < -0.3 is 14.6 Å². The third-order valence-corrected chi connectivity index (χ3v) is 1.93. The van der Waals surface area contributed by atoms with Gasteiger partial charge in [0, 0.05) is 5.56 Å². The molecule has 0 amide bonds. The molecule has 0 N–H and O–H groups in total. The molecular weight excluding hydrogens is 179 g/mol. The van der Waals surface area contributed by atoms with E-state index < -0.39 is 0 Å². The second kappa shape index (κ2) is 4.98. The number of ether oxygens (including phenoxy) is 2. The van der Waals surface area contributed by atoms with Crippen LogP contribution in [0.1, 0.15) is 11.1 Å². The second-order valence-electron chi connectivity index (χ2n) is 2.65. The first kappa shape index (κ1) is 11.0. The van der Waals surface area contributed by atoms with Gasteiger partial charge in [0.25, 0.3) is 0 Å². The first-order chi connectivity index (χ1) is 5.92. The smallest absolute Gasteiger partial charge is 0.851 e. The first-order valence-corrected chi connectivity index (χ1v) is 3.81. The van der Waals surface area contributed by atoms with Gasteiger partial charge >= 0.3 is 29.6 Å². The van der Waals surface area contributed by atoms with Crippen LogP contribution in [-0.4, -0.2) is 6.79 Å². The van der Waals surface area contributed by atoms with Crippen molar-refractivity contribution in [3.05, 3.63) is 29.3 Å². The summed E-state index contributed by atoms with van der Waals surface area (Å²) in [4.78, 5) is 0. The summed E-state index contributed by atoms with van der Waals surface area (Å²) in [5.74, 6) is 0.787. The van der Waals surface area contributed by atoms with Gasteiger partial charge in [-0.3, -0.25) is 0 Å². The van der Waals surface area contributed by atoms with E-state index in [1.165, 1.54) is 0 Å². The number of rotatable bonds is 1. The van der Waals surface area contributed by atoms with Gasteiger partial charge in [-0.25, -0.2) is 0 Å². The number of hydrogen-bond donors (Lipinski definition) is 0. The molecule has 0 bridgehead atoms. The van der Waals surface area contributed by atoms with E-state index in [4.69, 9.17) is 9.47 Å². The molecule has 4 heteroatoms. The first-order valence-electron chi connectivity index (χ1n) is 3.81. The maximum absolute atomic E-state index is 10.7. The van der Waals surface area contributed by atoms with E-state index >= 15 is 0 Å². The molecule has 13 heavy (non-hydrogen) atoms. The number of hydrogen-bond acceptors (Lipinski definition) is 3. The molecule has 0 radical (unpaired) electrons. The van der Waals surface area contributed by atoms with E-state index in [9.17, 15) is 5.11 Å². The fourth-order valence-corrected chi connectivity index (χ4v) is 1.29. The molecule has 3 nitrogen and oxygen atoms in total. The molecule has 0 unspecified atom stereocenters. The minimum absolute atomic E-state index is 0. The predicted molar refractivity (Wildman–Crippen MR) is 40.4 cm³/mol. The standard InChI is InChI=1S/C9H9O3.Na/c10-4-7-2-1-3-9-8(7)5-11-6-12-9;/h1-3H,4-6H2;/q-1;+1. The maximum Gasteiger partial charge on any atom is 1.00 e. The van der Waals surface area contributed by atoms with Crippen LogP contribution >= 0.6 is 0 Å². The minimum Gasteiger partial charge on any atom is -0.851 e. The SMILES string of the molecule is [Na+].[O-]Cc1cccc2c1COCO2. The molecule has 64 valence electrons. The van der Waals surface area contributed by atoms with Crippen molar-refractivity contribution in [1.29, 1.82) is 0 Å². The summed E-state index contributed by atoms with van der Waals surface area (Å²) in [6.07, 6.45) is 0. The van der Waals surface area contributed by atoms with Crippen LogP contribution in [-0.2, 0) is 18.0 Å². The van der Waals surface area contributed by atoms with Gasteiger partial charge in [-0.1, -0.05) is 17.7 Å². The Kier molecular flexibility index (Phi) is 4.22. The number of benzene rings is 1. The average molecular weight is 188 g/mol. The third kappa shape index (κ3) is 2.24. The zero-order valence-corrected chi connectivity index (χ0v) is 9.58. The molecule has 1 heterocycles. The van der Waals surface area contributed by atoms with Crippen molar-refractivity contribution >= 4 is 0 Å². The Labute approximate surface area is 99.0 Å². The Balaban J connectivity index is 0.000000845. The Hall–Kier alpha value is -0.0600.